The lowest BCUT2D eigenvalue weighted by Crippen LogP contribution is -2.34. The first-order chi connectivity index (χ1) is 34.0. The number of hydrogen-bond donors (Lipinski definition) is 11. The summed E-state index contributed by atoms with van der Waals surface area (Å²) in [5, 5.41) is 24.0. The van der Waals surface area contributed by atoms with Gasteiger partial charge in [-0.05, 0) is 151 Å². The first-order valence-corrected chi connectivity index (χ1v) is 25.0. The van der Waals surface area contributed by atoms with Crippen molar-refractivity contribution in [3.05, 3.63) is 29.8 Å². The Balaban J connectivity index is -0.000000146. The molecule has 0 unspecified atom stereocenters. The van der Waals surface area contributed by atoms with Gasteiger partial charge in [0.1, 0.15) is 28.9 Å². The van der Waals surface area contributed by atoms with Crippen molar-refractivity contribution in [3.8, 4) is 0 Å². The highest BCUT2D eigenvalue weighted by Crippen LogP contribution is 2.10. The molecule has 0 radical (unpaired) electrons. The molecule has 73 heavy (non-hydrogen) atoms. The Morgan fingerprint density at radius 1 is 0.534 bits per heavy atom. The summed E-state index contributed by atoms with van der Waals surface area (Å²) in [6, 6.07) is 7.53. The number of carbonyl (C=O) groups is 6. The average Bonchev–Trinajstić information content (AvgIpc) is 3.33. The maximum atomic E-state index is 11.2. The summed E-state index contributed by atoms with van der Waals surface area (Å²) < 4.78 is 32.0. The monoisotopic (exact) mass is 1060 g/mol. The third-order valence-corrected chi connectivity index (χ3v) is 10.9. The summed E-state index contributed by atoms with van der Waals surface area (Å²) in [6.07, 6.45) is 11.5. The predicted octanol–water partition coefficient (Wildman–Crippen LogP) is 6.74. The highest BCUT2D eigenvalue weighted by atomic mass is 20.0. The average molecular weight is 1060 g/mol. The molecule has 0 bridgehead atoms. The van der Waals surface area contributed by atoms with Gasteiger partial charge in [-0.3, -0.25) is 29.0 Å². The molecule has 432 valence electrons. The maximum Gasteiger partial charge on any atom is 0.312 e. The van der Waals surface area contributed by atoms with E-state index in [2.05, 4.69) is 82.1 Å². The molecule has 5 atom stereocenters. The Morgan fingerprint density at radius 3 is 1.19 bits per heavy atom. The van der Waals surface area contributed by atoms with Crippen LogP contribution in [0.4, 0.5) is 28.8 Å². The Labute approximate surface area is 437 Å². The highest BCUT2D eigenvalue weighted by molar-refractivity contribution is 5.83. The zero-order chi connectivity index (χ0) is 57.0. The third-order valence-electron chi connectivity index (χ3n) is 10.9. The number of primary amides is 1. The number of aliphatic imine (C=N–C) groups is 1. The second-order valence-electron chi connectivity index (χ2n) is 17.7. The lowest BCUT2D eigenvalue weighted by molar-refractivity contribution is -0.119. The van der Waals surface area contributed by atoms with Gasteiger partial charge in [0.05, 0.1) is 36.0 Å². The molecule has 0 heterocycles. The van der Waals surface area contributed by atoms with Crippen LogP contribution in [-0.4, -0.2) is 139 Å². The number of benzene rings is 1. The summed E-state index contributed by atoms with van der Waals surface area (Å²) in [5.74, 6) is 2.74. The van der Waals surface area contributed by atoms with E-state index in [4.69, 9.17) is 29.8 Å². The van der Waals surface area contributed by atoms with Crippen LogP contribution in [0.3, 0.4) is 0 Å². The fourth-order valence-electron chi connectivity index (χ4n) is 6.56. The summed E-state index contributed by atoms with van der Waals surface area (Å²) in [6.45, 7) is 21.3. The van der Waals surface area contributed by atoms with E-state index in [9.17, 15) is 28.8 Å². The molecule has 18 nitrogen and oxygen atoms in total. The first-order valence-electron chi connectivity index (χ1n) is 25.0. The van der Waals surface area contributed by atoms with Crippen LogP contribution in [-0.2, 0) is 30.4 Å². The van der Waals surface area contributed by atoms with Gasteiger partial charge in [0.2, 0.25) is 0 Å². The van der Waals surface area contributed by atoms with Gasteiger partial charge in [0.25, 0.3) is 0 Å². The Morgan fingerprint density at radius 2 is 0.890 bits per heavy atom. The molecule has 15 N–H and O–H groups in total. The van der Waals surface area contributed by atoms with Crippen molar-refractivity contribution in [1.82, 2.24) is 48.7 Å². The Hall–Kier alpha value is -4.45. The lowest BCUT2D eigenvalue weighted by atomic mass is 10.0. The van der Waals surface area contributed by atoms with Gasteiger partial charge >= 0.3 is 6.03 Å². The fraction of sp³-hybridized carbons (Fsp3) is 0.745. The molecule has 1 aromatic carbocycles. The standard InChI is InChI=1S/C11H23N3O.C11H16N2O.C11H24N2O.C10H21NO.C8H17N3O2.2F2.H3N/c1-5-11(13-4)14-8-6-7-10(12-3)9(2)15;1-8(14)11(13-2)7-9-3-5-10(12)6-4-9;1-9(2)13-8-6-5-7-11(12-4)10(3)14;1-8(2)6-5-7-10(11-4)9(3)12;1-6(12)7(10-2)4-3-5-11-8(9)13;2*1-2;/h10,12H,5-8H2,1-4H3,(H,13,14);3-6,11,13H,7,12H2,1-2H3;9,11-13H,5-8H2,1-4H3;8,10-11H,5-7H2,1-4H3;7,10H,3-5H2,1-2H3,(H3,9,11,13);;;1H3/t10-;2*11-;10-;7-;;;/m00000.../s1. The van der Waals surface area contributed by atoms with Gasteiger partial charge in [0.15, 0.2) is 0 Å². The number of amidine groups is 1. The molecule has 0 aliphatic heterocycles. The number of amides is 2. The van der Waals surface area contributed by atoms with Crippen molar-refractivity contribution in [2.24, 2.45) is 16.6 Å². The summed E-state index contributed by atoms with van der Waals surface area (Å²) in [4.78, 5) is 69.6. The number of nitrogens with one attached hydrogen (secondary N) is 8. The van der Waals surface area contributed by atoms with Gasteiger partial charge in [-0.2, -0.15) is 0 Å². The number of nitrogen functional groups attached to an aromatic ring is 1. The van der Waals surface area contributed by atoms with Gasteiger partial charge in [-0.25, -0.2) is 4.79 Å². The first kappa shape index (κ1) is 82.6. The van der Waals surface area contributed by atoms with Crippen LogP contribution in [0, 0.1) is 5.92 Å². The molecular weight excluding hydrogens is 953 g/mol. The second kappa shape index (κ2) is 58.4. The minimum absolute atomic E-state index is 0. The minimum Gasteiger partial charge on any atom is -0.399 e. The van der Waals surface area contributed by atoms with E-state index < -0.39 is 6.03 Å². The SMILES string of the molecule is CCC(=NC)NCCC[C@H](NC)C(C)=O.CN[C@@H](CCCC(C)C)C(C)=O.CN[C@@H](CCCCNC(C)C)C(C)=O.CN[C@@H](CCCNC(N)=O)C(C)=O.CN[C@@H](Cc1ccc(N)cc1)C(C)=O.FF.FF.N. The molecule has 1 aromatic rings. The van der Waals surface area contributed by atoms with Crippen LogP contribution in [0.2, 0.25) is 0 Å². The molecule has 2 amide bonds. The molecule has 0 saturated heterocycles. The van der Waals surface area contributed by atoms with Crippen LogP contribution >= 0.6 is 0 Å². The number of anilines is 1. The number of nitrogens with zero attached hydrogens (tertiary/aromatic N) is 1. The van der Waals surface area contributed by atoms with E-state index in [1.807, 2.05) is 45.4 Å². The van der Waals surface area contributed by atoms with Gasteiger partial charge < -0.3 is 60.2 Å². The van der Waals surface area contributed by atoms with E-state index in [-0.39, 0.29) is 65.3 Å². The van der Waals surface area contributed by atoms with Crippen molar-refractivity contribution in [1.29, 1.82) is 0 Å². The number of rotatable bonds is 31. The number of unbranched alkanes of at least 4 members (excludes halogenated alkanes) is 1. The number of halogens is 4. The number of hydrogen-bond acceptors (Lipinski definition) is 15. The fourth-order valence-corrected chi connectivity index (χ4v) is 6.56. The van der Waals surface area contributed by atoms with Crippen molar-refractivity contribution < 1.29 is 47.1 Å². The van der Waals surface area contributed by atoms with E-state index in [0.717, 1.165) is 93.9 Å². The number of nitrogens with two attached hydrogens (primary N) is 2. The molecule has 0 saturated carbocycles. The molecule has 0 spiro atoms. The normalized spacial score (nSPS) is 12.3. The molecule has 0 aliphatic carbocycles. The number of Topliss-reactive ketones (excluding diaryl/α,β-unsaturated/α-hetero) is 5. The second-order valence-corrected chi connectivity index (χ2v) is 17.7. The molecule has 0 aliphatic rings. The van der Waals surface area contributed by atoms with E-state index in [1.165, 1.54) is 6.42 Å². The van der Waals surface area contributed by atoms with Crippen molar-refractivity contribution in [3.63, 3.8) is 0 Å². The lowest BCUT2D eigenvalue weighted by Gasteiger charge is -2.13. The van der Waals surface area contributed by atoms with Crippen molar-refractivity contribution >= 4 is 46.5 Å². The van der Waals surface area contributed by atoms with Crippen molar-refractivity contribution in [2.75, 3.05) is 67.7 Å². The van der Waals surface area contributed by atoms with Gasteiger partial charge in [-0.1, -0.05) is 66.0 Å². The third kappa shape index (κ3) is 56.7. The molecule has 1 rings (SSSR count). The van der Waals surface area contributed by atoms with Gasteiger partial charge in [0, 0.05) is 56.6 Å². The van der Waals surface area contributed by atoms with Crippen LogP contribution in [0.1, 0.15) is 145 Å². The predicted molar refractivity (Wildman–Crippen MR) is 295 cm³/mol. The Bertz CT molecular complexity index is 1520. The summed E-state index contributed by atoms with van der Waals surface area (Å²) in [7, 11) is 10.8. The minimum atomic E-state index is -0.524. The van der Waals surface area contributed by atoms with Gasteiger partial charge in [-0.15, -0.1) is 0 Å². The zero-order valence-corrected chi connectivity index (χ0v) is 47.7. The van der Waals surface area contributed by atoms with Crippen LogP contribution in [0.15, 0.2) is 29.3 Å². The number of urea groups is 1. The molecule has 0 fully saturated rings. The molecule has 22 heteroatoms. The van der Waals surface area contributed by atoms with Crippen LogP contribution < -0.4 is 60.2 Å². The van der Waals surface area contributed by atoms with E-state index >= 15 is 0 Å². The van der Waals surface area contributed by atoms with Crippen molar-refractivity contribution in [2.45, 2.75) is 183 Å². The Kier molecular flexibility index (Phi) is 66.1. The molecular formula is C51H104F4N12O6. The molecule has 0 aromatic heterocycles. The highest BCUT2D eigenvalue weighted by Gasteiger charge is 2.14. The smallest absolute Gasteiger partial charge is 0.312 e. The zero-order valence-electron chi connectivity index (χ0n) is 47.7. The number of ketones is 5. The largest absolute Gasteiger partial charge is 0.399 e. The maximum absolute atomic E-state index is 11.2. The van der Waals surface area contributed by atoms with Crippen LogP contribution in [0.25, 0.3) is 0 Å². The summed E-state index contributed by atoms with van der Waals surface area (Å²) in [5.41, 5.74) is 12.3. The van der Waals surface area contributed by atoms with Crippen LogP contribution in [0.5, 0.6) is 0 Å². The van der Waals surface area contributed by atoms with E-state index in [1.54, 1.807) is 55.8 Å². The quantitative estimate of drug-likeness (QED) is 0.0121. The number of likely N-dealkylation sites (N-methyl/N-ethyl adjacent to an activating group) is 5. The summed E-state index contributed by atoms with van der Waals surface area (Å²) >= 11 is 0. The van der Waals surface area contributed by atoms with E-state index in [0.29, 0.717) is 25.4 Å². The topological polar surface area (TPSA) is 298 Å². The number of carbonyl (C=O) groups excluding carboxylic acids is 6.